The molecule has 1 fully saturated rings. The van der Waals surface area contributed by atoms with Gasteiger partial charge in [0.25, 0.3) is 0 Å². The molecule has 1 aromatic carbocycles. The van der Waals surface area contributed by atoms with Crippen molar-refractivity contribution < 1.29 is 4.74 Å². The van der Waals surface area contributed by atoms with E-state index in [2.05, 4.69) is 55.8 Å². The molecule has 0 saturated carbocycles. The van der Waals surface area contributed by atoms with Crippen LogP contribution < -0.4 is 10.6 Å². The first-order valence-electron chi connectivity index (χ1n) is 9.68. The Hall–Kier alpha value is -1.42. The lowest BCUT2D eigenvalue weighted by atomic mass is 10.0. The van der Waals surface area contributed by atoms with E-state index in [-0.39, 0.29) is 30.0 Å². The zero-order chi connectivity index (χ0) is 19.6. The number of halogens is 2. The number of pyridine rings is 1. The van der Waals surface area contributed by atoms with Gasteiger partial charge in [0.2, 0.25) is 0 Å². The standard InChI is InChI=1S/C21H28ClN5O.HI/c1-23-21(24-10-9-17-7-8-20(22)25-15-17)26-16-19(18-5-3-2-4-6-18)27-11-13-28-14-12-27;/h2-8,15,19H,9-14,16H2,1H3,(H2,23,24,26);1H. The number of aliphatic imine (C=N–C) groups is 1. The number of rotatable bonds is 7. The molecule has 29 heavy (non-hydrogen) atoms. The van der Waals surface area contributed by atoms with Gasteiger partial charge in [0.1, 0.15) is 5.15 Å². The molecule has 1 unspecified atom stereocenters. The first-order chi connectivity index (χ1) is 13.8. The fraction of sp³-hybridized carbons (Fsp3) is 0.429. The highest BCUT2D eigenvalue weighted by atomic mass is 127. The van der Waals surface area contributed by atoms with Crippen LogP contribution in [0.2, 0.25) is 5.15 Å². The van der Waals surface area contributed by atoms with Gasteiger partial charge in [-0.3, -0.25) is 9.89 Å². The molecule has 0 spiro atoms. The van der Waals surface area contributed by atoms with Crippen LogP contribution in [0, 0.1) is 0 Å². The van der Waals surface area contributed by atoms with Crippen molar-refractivity contribution in [3.8, 4) is 0 Å². The number of morpholine rings is 1. The van der Waals surface area contributed by atoms with Gasteiger partial charge in [0.15, 0.2) is 5.96 Å². The summed E-state index contributed by atoms with van der Waals surface area (Å²) < 4.78 is 5.52. The van der Waals surface area contributed by atoms with E-state index in [0.29, 0.717) is 5.15 Å². The Morgan fingerprint density at radius 1 is 1.17 bits per heavy atom. The summed E-state index contributed by atoms with van der Waals surface area (Å²) in [5.74, 6) is 0.802. The van der Waals surface area contributed by atoms with Crippen LogP contribution in [0.4, 0.5) is 0 Å². The first kappa shape index (κ1) is 23.9. The molecule has 0 aliphatic carbocycles. The van der Waals surface area contributed by atoms with Crippen LogP contribution in [-0.2, 0) is 11.2 Å². The Labute approximate surface area is 195 Å². The molecule has 2 heterocycles. The predicted molar refractivity (Wildman–Crippen MR) is 129 cm³/mol. The molecule has 8 heteroatoms. The number of aromatic nitrogens is 1. The molecule has 2 N–H and O–H groups in total. The number of nitrogens with one attached hydrogen (secondary N) is 2. The highest BCUT2D eigenvalue weighted by Gasteiger charge is 2.22. The second-order valence-electron chi connectivity index (χ2n) is 6.69. The number of guanidine groups is 1. The van der Waals surface area contributed by atoms with E-state index in [1.807, 2.05) is 18.3 Å². The summed E-state index contributed by atoms with van der Waals surface area (Å²) in [6, 6.07) is 14.7. The highest BCUT2D eigenvalue weighted by Crippen LogP contribution is 2.21. The van der Waals surface area contributed by atoms with Gasteiger partial charge in [-0.25, -0.2) is 4.98 Å². The Kier molecular flexibility index (Phi) is 10.7. The van der Waals surface area contributed by atoms with Crippen molar-refractivity contribution in [1.82, 2.24) is 20.5 Å². The summed E-state index contributed by atoms with van der Waals surface area (Å²) in [5, 5.41) is 7.38. The molecular weight excluding hydrogens is 501 g/mol. The summed E-state index contributed by atoms with van der Waals surface area (Å²) in [6.07, 6.45) is 2.67. The minimum Gasteiger partial charge on any atom is -0.379 e. The summed E-state index contributed by atoms with van der Waals surface area (Å²) in [6.45, 7) is 5.01. The second kappa shape index (κ2) is 13.0. The fourth-order valence-electron chi connectivity index (χ4n) is 3.32. The van der Waals surface area contributed by atoms with Crippen molar-refractivity contribution in [3.05, 3.63) is 64.9 Å². The number of hydrogen-bond acceptors (Lipinski definition) is 4. The van der Waals surface area contributed by atoms with Gasteiger partial charge in [-0.05, 0) is 23.6 Å². The maximum Gasteiger partial charge on any atom is 0.191 e. The molecule has 0 bridgehead atoms. The molecule has 0 amide bonds. The zero-order valence-corrected chi connectivity index (χ0v) is 19.8. The smallest absolute Gasteiger partial charge is 0.191 e. The lowest BCUT2D eigenvalue weighted by Gasteiger charge is -2.35. The predicted octanol–water partition coefficient (Wildman–Crippen LogP) is 3.13. The van der Waals surface area contributed by atoms with E-state index < -0.39 is 0 Å². The van der Waals surface area contributed by atoms with Crippen LogP contribution in [0.5, 0.6) is 0 Å². The Morgan fingerprint density at radius 2 is 1.93 bits per heavy atom. The fourth-order valence-corrected chi connectivity index (χ4v) is 3.43. The topological polar surface area (TPSA) is 61.8 Å². The van der Waals surface area contributed by atoms with Crippen LogP contribution in [0.25, 0.3) is 0 Å². The van der Waals surface area contributed by atoms with Crippen LogP contribution in [0.1, 0.15) is 17.2 Å². The van der Waals surface area contributed by atoms with Crippen LogP contribution in [0.15, 0.2) is 53.7 Å². The number of benzene rings is 1. The number of hydrogen-bond donors (Lipinski definition) is 2. The minimum absolute atomic E-state index is 0. The maximum absolute atomic E-state index is 5.84. The quantitative estimate of drug-likeness (QED) is 0.250. The van der Waals surface area contributed by atoms with Crippen molar-refractivity contribution in [2.24, 2.45) is 4.99 Å². The summed E-state index contributed by atoms with van der Waals surface area (Å²) in [5.41, 5.74) is 2.45. The van der Waals surface area contributed by atoms with Crippen LogP contribution >= 0.6 is 35.6 Å². The minimum atomic E-state index is 0. The molecule has 1 aliphatic heterocycles. The van der Waals surface area contributed by atoms with E-state index in [9.17, 15) is 0 Å². The average Bonchev–Trinajstić information content (AvgIpc) is 2.75. The summed E-state index contributed by atoms with van der Waals surface area (Å²) in [7, 11) is 1.80. The van der Waals surface area contributed by atoms with Gasteiger partial charge in [0.05, 0.1) is 19.3 Å². The molecule has 1 aliphatic rings. The van der Waals surface area contributed by atoms with E-state index in [1.165, 1.54) is 5.56 Å². The van der Waals surface area contributed by atoms with E-state index >= 15 is 0 Å². The van der Waals surface area contributed by atoms with Crippen molar-refractivity contribution in [3.63, 3.8) is 0 Å². The number of nitrogens with zero attached hydrogens (tertiary/aromatic N) is 3. The number of ether oxygens (including phenoxy) is 1. The zero-order valence-electron chi connectivity index (χ0n) is 16.7. The van der Waals surface area contributed by atoms with E-state index in [0.717, 1.165) is 57.3 Å². The molecule has 3 rings (SSSR count). The largest absolute Gasteiger partial charge is 0.379 e. The molecule has 1 saturated heterocycles. The molecular formula is C21H29ClIN5O. The van der Waals surface area contributed by atoms with Gasteiger partial charge in [0, 0.05) is 39.4 Å². The third-order valence-corrected chi connectivity index (χ3v) is 5.08. The van der Waals surface area contributed by atoms with Gasteiger partial charge >= 0.3 is 0 Å². The average molecular weight is 530 g/mol. The normalized spacial score (nSPS) is 16.0. The monoisotopic (exact) mass is 529 g/mol. The SMILES string of the molecule is CN=C(NCCc1ccc(Cl)nc1)NCC(c1ccccc1)N1CCOCC1.I. The Morgan fingerprint density at radius 3 is 2.59 bits per heavy atom. The van der Waals surface area contributed by atoms with Gasteiger partial charge in [-0.2, -0.15) is 0 Å². The molecule has 1 aromatic heterocycles. The Bertz CT molecular complexity index is 738. The summed E-state index contributed by atoms with van der Waals surface area (Å²) >= 11 is 5.84. The second-order valence-corrected chi connectivity index (χ2v) is 7.08. The van der Waals surface area contributed by atoms with E-state index in [1.54, 1.807) is 7.05 Å². The van der Waals surface area contributed by atoms with Gasteiger partial charge < -0.3 is 15.4 Å². The van der Waals surface area contributed by atoms with Crippen molar-refractivity contribution in [2.45, 2.75) is 12.5 Å². The Balaban J connectivity index is 0.00000300. The maximum atomic E-state index is 5.84. The summed E-state index contributed by atoms with van der Waals surface area (Å²) in [4.78, 5) is 10.9. The molecule has 1 atom stereocenters. The lowest BCUT2D eigenvalue weighted by Crippen LogP contribution is -2.46. The molecule has 6 nitrogen and oxygen atoms in total. The van der Waals surface area contributed by atoms with Crippen LogP contribution in [-0.4, -0.2) is 62.3 Å². The third kappa shape index (κ3) is 7.73. The lowest BCUT2D eigenvalue weighted by molar-refractivity contribution is 0.0170. The van der Waals surface area contributed by atoms with Crippen molar-refractivity contribution in [1.29, 1.82) is 0 Å². The van der Waals surface area contributed by atoms with Gasteiger partial charge in [-0.15, -0.1) is 24.0 Å². The molecule has 158 valence electrons. The van der Waals surface area contributed by atoms with Gasteiger partial charge in [-0.1, -0.05) is 48.0 Å². The first-order valence-corrected chi connectivity index (χ1v) is 10.1. The van der Waals surface area contributed by atoms with Crippen molar-refractivity contribution >= 4 is 41.5 Å². The molecule has 0 radical (unpaired) electrons. The molecule has 2 aromatic rings. The van der Waals surface area contributed by atoms with E-state index in [4.69, 9.17) is 16.3 Å². The third-order valence-electron chi connectivity index (χ3n) is 4.85. The van der Waals surface area contributed by atoms with Crippen molar-refractivity contribution in [2.75, 3.05) is 46.4 Å². The highest BCUT2D eigenvalue weighted by molar-refractivity contribution is 14.0. The van der Waals surface area contributed by atoms with Crippen LogP contribution in [0.3, 0.4) is 0 Å².